The van der Waals surface area contributed by atoms with Crippen molar-refractivity contribution >= 4 is 21.8 Å². The van der Waals surface area contributed by atoms with Crippen LogP contribution in [0.5, 0.6) is 5.75 Å². The topological polar surface area (TPSA) is 52.3 Å². The number of rotatable bonds is 2. The fourth-order valence-electron chi connectivity index (χ4n) is 1.08. The molecule has 1 aromatic carbocycles. The number of carbonyl (C=O) groups excluding carboxylic acids is 1. The largest absolute Gasteiger partial charge is 0.496 e. The smallest absolute Gasteiger partial charge is 0.249 e. The van der Waals surface area contributed by atoms with E-state index in [0.29, 0.717) is 11.3 Å². The van der Waals surface area contributed by atoms with Crippen molar-refractivity contribution in [3.8, 4) is 5.75 Å². The van der Waals surface area contributed by atoms with Crippen LogP contribution in [0.25, 0.3) is 0 Å². The summed E-state index contributed by atoms with van der Waals surface area (Å²) >= 11 is 3.33. The van der Waals surface area contributed by atoms with Crippen LogP contribution >= 0.6 is 15.9 Å². The lowest BCUT2D eigenvalue weighted by Crippen LogP contribution is -2.12. The van der Waals surface area contributed by atoms with Crippen LogP contribution in [-0.4, -0.2) is 13.0 Å². The third-order valence-corrected chi connectivity index (χ3v) is 2.82. The van der Waals surface area contributed by atoms with Gasteiger partial charge in [0.1, 0.15) is 5.75 Å². The molecule has 1 aromatic rings. The van der Waals surface area contributed by atoms with Crippen molar-refractivity contribution in [1.29, 1.82) is 0 Å². The van der Waals surface area contributed by atoms with E-state index in [1.807, 2.05) is 6.92 Å². The molecule has 4 heteroatoms. The van der Waals surface area contributed by atoms with E-state index in [1.165, 1.54) is 0 Å². The minimum atomic E-state index is -0.430. The fourth-order valence-corrected chi connectivity index (χ4v) is 1.59. The maximum Gasteiger partial charge on any atom is 0.249 e. The van der Waals surface area contributed by atoms with E-state index in [-0.39, 0.29) is 0 Å². The van der Waals surface area contributed by atoms with Gasteiger partial charge in [-0.1, -0.05) is 0 Å². The summed E-state index contributed by atoms with van der Waals surface area (Å²) in [5.41, 5.74) is 6.48. The Balaban J connectivity index is 3.31. The molecule has 0 aliphatic rings. The highest BCUT2D eigenvalue weighted by Gasteiger charge is 2.10. The molecule has 0 fully saturated rings. The SMILES string of the molecule is COc1ccc(C(N)=O)c(C)c1Br. The predicted octanol–water partition coefficient (Wildman–Crippen LogP) is 1.87. The van der Waals surface area contributed by atoms with Crippen LogP contribution in [0.15, 0.2) is 16.6 Å². The lowest BCUT2D eigenvalue weighted by atomic mass is 10.1. The highest BCUT2D eigenvalue weighted by atomic mass is 79.9. The summed E-state index contributed by atoms with van der Waals surface area (Å²) in [5, 5.41) is 0. The van der Waals surface area contributed by atoms with Gasteiger partial charge in [0.15, 0.2) is 0 Å². The molecule has 0 heterocycles. The fraction of sp³-hybridized carbons (Fsp3) is 0.222. The zero-order valence-electron chi connectivity index (χ0n) is 7.43. The van der Waals surface area contributed by atoms with Gasteiger partial charge in [-0.15, -0.1) is 0 Å². The lowest BCUT2D eigenvalue weighted by molar-refractivity contribution is 0.0999. The van der Waals surface area contributed by atoms with Gasteiger partial charge < -0.3 is 10.5 Å². The second-order valence-corrected chi connectivity index (χ2v) is 3.41. The Morgan fingerprint density at radius 1 is 1.54 bits per heavy atom. The minimum Gasteiger partial charge on any atom is -0.496 e. The van der Waals surface area contributed by atoms with Gasteiger partial charge in [-0.05, 0) is 40.5 Å². The second-order valence-electron chi connectivity index (χ2n) is 2.62. The number of primary amides is 1. The second kappa shape index (κ2) is 3.79. The molecule has 1 amide bonds. The molecule has 0 saturated carbocycles. The van der Waals surface area contributed by atoms with Crippen LogP contribution in [0.1, 0.15) is 15.9 Å². The molecule has 0 aliphatic heterocycles. The zero-order chi connectivity index (χ0) is 10.0. The number of halogens is 1. The van der Waals surface area contributed by atoms with E-state index in [9.17, 15) is 4.79 Å². The number of methoxy groups -OCH3 is 1. The molecule has 0 atom stereocenters. The third kappa shape index (κ3) is 1.83. The number of ether oxygens (including phenoxy) is 1. The molecule has 0 saturated heterocycles. The van der Waals surface area contributed by atoms with E-state index in [1.54, 1.807) is 19.2 Å². The van der Waals surface area contributed by atoms with Crippen molar-refractivity contribution < 1.29 is 9.53 Å². The maximum absolute atomic E-state index is 10.9. The molecule has 3 nitrogen and oxygen atoms in total. The van der Waals surface area contributed by atoms with Crippen molar-refractivity contribution in [3.05, 3.63) is 27.7 Å². The summed E-state index contributed by atoms with van der Waals surface area (Å²) in [5.74, 6) is 0.267. The summed E-state index contributed by atoms with van der Waals surface area (Å²) in [6.45, 7) is 1.81. The van der Waals surface area contributed by atoms with Crippen LogP contribution in [-0.2, 0) is 0 Å². The van der Waals surface area contributed by atoms with E-state index in [4.69, 9.17) is 10.5 Å². The van der Waals surface area contributed by atoms with Gasteiger partial charge in [0.2, 0.25) is 5.91 Å². The molecule has 0 aliphatic carbocycles. The van der Waals surface area contributed by atoms with Crippen molar-refractivity contribution in [2.75, 3.05) is 7.11 Å². The summed E-state index contributed by atoms with van der Waals surface area (Å²) in [4.78, 5) is 10.9. The van der Waals surface area contributed by atoms with Crippen LogP contribution in [0.2, 0.25) is 0 Å². The predicted molar refractivity (Wildman–Crippen MR) is 53.9 cm³/mol. The molecule has 0 aromatic heterocycles. The van der Waals surface area contributed by atoms with Gasteiger partial charge in [-0.3, -0.25) is 4.79 Å². The van der Waals surface area contributed by atoms with Crippen LogP contribution in [0, 0.1) is 6.92 Å². The zero-order valence-corrected chi connectivity index (χ0v) is 9.01. The summed E-state index contributed by atoms with van der Waals surface area (Å²) in [6, 6.07) is 3.36. The molecular weight excluding hydrogens is 234 g/mol. The van der Waals surface area contributed by atoms with Gasteiger partial charge in [-0.25, -0.2) is 0 Å². The van der Waals surface area contributed by atoms with Crippen LogP contribution < -0.4 is 10.5 Å². The van der Waals surface area contributed by atoms with E-state index in [2.05, 4.69) is 15.9 Å². The molecule has 1 rings (SSSR count). The molecule has 70 valence electrons. The van der Waals surface area contributed by atoms with Crippen molar-refractivity contribution in [3.63, 3.8) is 0 Å². The Morgan fingerprint density at radius 3 is 2.62 bits per heavy atom. The molecule has 0 radical (unpaired) electrons. The number of amides is 1. The highest BCUT2D eigenvalue weighted by Crippen LogP contribution is 2.30. The van der Waals surface area contributed by atoms with Crippen LogP contribution in [0.4, 0.5) is 0 Å². The van der Waals surface area contributed by atoms with E-state index in [0.717, 1.165) is 10.0 Å². The molecule has 0 spiro atoms. The first-order valence-electron chi connectivity index (χ1n) is 3.70. The Hall–Kier alpha value is -1.03. The first-order valence-corrected chi connectivity index (χ1v) is 4.50. The molecule has 2 N–H and O–H groups in total. The first kappa shape index (κ1) is 10.1. The molecule has 0 bridgehead atoms. The Bertz CT molecular complexity index is 350. The average Bonchev–Trinajstić information content (AvgIpc) is 2.09. The normalized spacial score (nSPS) is 9.77. The van der Waals surface area contributed by atoms with Crippen molar-refractivity contribution in [1.82, 2.24) is 0 Å². The number of nitrogens with two attached hydrogens (primary N) is 1. The van der Waals surface area contributed by atoms with Crippen molar-refractivity contribution in [2.24, 2.45) is 5.73 Å². The number of benzene rings is 1. The first-order chi connectivity index (χ1) is 6.07. The Kier molecular flexibility index (Phi) is 2.93. The molecular formula is C9H10BrNO2. The van der Waals surface area contributed by atoms with Crippen molar-refractivity contribution in [2.45, 2.75) is 6.92 Å². The Morgan fingerprint density at radius 2 is 2.15 bits per heavy atom. The van der Waals surface area contributed by atoms with Gasteiger partial charge >= 0.3 is 0 Å². The number of hydrogen-bond acceptors (Lipinski definition) is 2. The third-order valence-electron chi connectivity index (χ3n) is 1.84. The average molecular weight is 244 g/mol. The van der Waals surface area contributed by atoms with Gasteiger partial charge in [-0.2, -0.15) is 0 Å². The highest BCUT2D eigenvalue weighted by molar-refractivity contribution is 9.10. The summed E-state index contributed by atoms with van der Waals surface area (Å²) < 4.78 is 5.83. The number of hydrogen-bond donors (Lipinski definition) is 1. The Labute approximate surface area is 85.0 Å². The van der Waals surface area contributed by atoms with Gasteiger partial charge in [0.05, 0.1) is 11.6 Å². The minimum absolute atomic E-state index is 0.430. The summed E-state index contributed by atoms with van der Waals surface area (Å²) in [6.07, 6.45) is 0. The van der Waals surface area contributed by atoms with E-state index < -0.39 is 5.91 Å². The monoisotopic (exact) mass is 243 g/mol. The van der Waals surface area contributed by atoms with Crippen LogP contribution in [0.3, 0.4) is 0 Å². The maximum atomic E-state index is 10.9. The van der Waals surface area contributed by atoms with Gasteiger partial charge in [0, 0.05) is 5.56 Å². The lowest BCUT2D eigenvalue weighted by Gasteiger charge is -2.08. The van der Waals surface area contributed by atoms with E-state index >= 15 is 0 Å². The van der Waals surface area contributed by atoms with Gasteiger partial charge in [0.25, 0.3) is 0 Å². The number of carbonyl (C=O) groups is 1. The molecule has 13 heavy (non-hydrogen) atoms. The quantitative estimate of drug-likeness (QED) is 0.863. The summed E-state index contributed by atoms with van der Waals surface area (Å²) in [7, 11) is 1.57. The molecule has 0 unspecified atom stereocenters. The standard InChI is InChI=1S/C9H10BrNO2/c1-5-6(9(11)12)3-4-7(13-2)8(5)10/h3-4H,1-2H3,(H2,11,12).